The summed E-state index contributed by atoms with van der Waals surface area (Å²) in [4.78, 5) is 22.8. The monoisotopic (exact) mass is 338 g/mol. The number of fused-ring (bicyclic) bond motifs is 1. The molecule has 122 valence electrons. The van der Waals surface area contributed by atoms with Crippen LogP contribution in [0.5, 0.6) is 0 Å². The first kappa shape index (κ1) is 15.0. The van der Waals surface area contributed by atoms with Crippen LogP contribution in [0.25, 0.3) is 10.2 Å². The van der Waals surface area contributed by atoms with Crippen molar-refractivity contribution in [3.63, 3.8) is 0 Å². The van der Waals surface area contributed by atoms with Crippen LogP contribution in [0.1, 0.15) is 9.67 Å². The van der Waals surface area contributed by atoms with E-state index in [1.165, 1.54) is 17.0 Å². The molecule has 0 atom stereocenters. The van der Waals surface area contributed by atoms with E-state index in [2.05, 4.69) is 22.0 Å². The van der Waals surface area contributed by atoms with Crippen LogP contribution in [-0.2, 0) is 0 Å². The van der Waals surface area contributed by atoms with E-state index in [-0.39, 0.29) is 5.91 Å². The van der Waals surface area contributed by atoms with Crippen molar-refractivity contribution >= 4 is 38.8 Å². The number of benzene rings is 1. The molecule has 3 heterocycles. The molecular weight excluding hydrogens is 320 g/mol. The summed E-state index contributed by atoms with van der Waals surface area (Å²) in [6, 6.07) is 14.1. The fraction of sp³-hybridized carbons (Fsp3) is 0.222. The van der Waals surface area contributed by atoms with E-state index in [0.717, 1.165) is 23.3 Å². The summed E-state index contributed by atoms with van der Waals surface area (Å²) >= 11 is 1.38. The third-order valence-electron chi connectivity index (χ3n) is 4.39. The van der Waals surface area contributed by atoms with Gasteiger partial charge < -0.3 is 15.5 Å². The highest BCUT2D eigenvalue weighted by atomic mass is 32.1. The van der Waals surface area contributed by atoms with Crippen LogP contribution in [0, 0.1) is 0 Å². The Morgan fingerprint density at radius 1 is 1.04 bits per heavy atom. The number of carbonyl (C=O) groups excluding carboxylic acids is 1. The maximum absolute atomic E-state index is 12.8. The summed E-state index contributed by atoms with van der Waals surface area (Å²) in [5.41, 5.74) is 7.94. The Labute approximate surface area is 144 Å². The van der Waals surface area contributed by atoms with Crippen LogP contribution in [0.3, 0.4) is 0 Å². The van der Waals surface area contributed by atoms with Gasteiger partial charge in [-0.3, -0.25) is 4.79 Å². The van der Waals surface area contributed by atoms with Crippen LogP contribution in [0.4, 0.5) is 11.4 Å². The lowest BCUT2D eigenvalue weighted by Gasteiger charge is -2.36. The highest BCUT2D eigenvalue weighted by Crippen LogP contribution is 2.33. The van der Waals surface area contributed by atoms with Gasteiger partial charge in [-0.15, -0.1) is 11.3 Å². The summed E-state index contributed by atoms with van der Waals surface area (Å²) in [7, 11) is 0. The Hall–Kier alpha value is -2.60. The lowest BCUT2D eigenvalue weighted by molar-refractivity contribution is 0.0752. The van der Waals surface area contributed by atoms with Crippen molar-refractivity contribution in [3.8, 4) is 0 Å². The van der Waals surface area contributed by atoms with E-state index >= 15 is 0 Å². The first-order valence-corrected chi connectivity index (χ1v) is 8.78. The topological polar surface area (TPSA) is 62.5 Å². The predicted molar refractivity (Wildman–Crippen MR) is 98.6 cm³/mol. The molecule has 24 heavy (non-hydrogen) atoms. The second-order valence-electron chi connectivity index (χ2n) is 5.82. The summed E-state index contributed by atoms with van der Waals surface area (Å²) in [6.45, 7) is 3.07. The molecule has 0 unspecified atom stereocenters. The van der Waals surface area contributed by atoms with Crippen molar-refractivity contribution in [2.45, 2.75) is 0 Å². The Kier molecular flexibility index (Phi) is 3.82. The van der Waals surface area contributed by atoms with Crippen molar-refractivity contribution in [2.75, 3.05) is 36.8 Å². The molecule has 0 aliphatic carbocycles. The van der Waals surface area contributed by atoms with Crippen molar-refractivity contribution in [3.05, 3.63) is 53.5 Å². The minimum atomic E-state index is 0.0169. The first-order chi connectivity index (χ1) is 11.7. The number of rotatable bonds is 2. The molecule has 6 heteroatoms. The molecule has 0 radical (unpaired) electrons. The van der Waals surface area contributed by atoms with Gasteiger partial charge in [0, 0.05) is 43.4 Å². The molecule has 2 aromatic heterocycles. The van der Waals surface area contributed by atoms with Gasteiger partial charge in [-0.05, 0) is 24.3 Å². The number of thiophene rings is 1. The Balaban J connectivity index is 1.51. The number of piperazine rings is 1. The van der Waals surface area contributed by atoms with Gasteiger partial charge in [0.1, 0.15) is 9.71 Å². The number of aromatic nitrogens is 1. The second-order valence-corrected chi connectivity index (χ2v) is 6.81. The Morgan fingerprint density at radius 2 is 1.79 bits per heavy atom. The number of carbonyl (C=O) groups is 1. The summed E-state index contributed by atoms with van der Waals surface area (Å²) in [5.74, 6) is 0.0169. The van der Waals surface area contributed by atoms with Crippen LogP contribution in [0.15, 0.2) is 48.7 Å². The zero-order valence-electron chi connectivity index (χ0n) is 13.2. The number of anilines is 2. The zero-order chi connectivity index (χ0) is 16.5. The molecule has 4 rings (SSSR count). The fourth-order valence-corrected chi connectivity index (χ4v) is 4.09. The van der Waals surface area contributed by atoms with Gasteiger partial charge in [0.05, 0.1) is 5.69 Å². The highest BCUT2D eigenvalue weighted by Gasteiger charge is 2.26. The third kappa shape index (κ3) is 2.59. The number of nitrogens with two attached hydrogens (primary N) is 1. The molecule has 0 spiro atoms. The number of nitrogens with zero attached hydrogens (tertiary/aromatic N) is 3. The predicted octanol–water partition coefficient (Wildman–Crippen LogP) is 2.84. The van der Waals surface area contributed by atoms with Gasteiger partial charge >= 0.3 is 0 Å². The molecule has 1 fully saturated rings. The van der Waals surface area contributed by atoms with Crippen LogP contribution < -0.4 is 10.6 Å². The van der Waals surface area contributed by atoms with E-state index in [1.54, 1.807) is 6.20 Å². The number of pyridine rings is 1. The number of hydrogen-bond donors (Lipinski definition) is 1. The summed E-state index contributed by atoms with van der Waals surface area (Å²) in [5, 5.41) is 0.869. The molecule has 3 aromatic rings. The van der Waals surface area contributed by atoms with E-state index in [4.69, 9.17) is 5.73 Å². The highest BCUT2D eigenvalue weighted by molar-refractivity contribution is 7.21. The second kappa shape index (κ2) is 6.13. The van der Waals surface area contributed by atoms with Crippen molar-refractivity contribution in [2.24, 2.45) is 0 Å². The number of nitrogen functional groups attached to an aromatic ring is 1. The maximum Gasteiger partial charge on any atom is 0.266 e. The Morgan fingerprint density at radius 3 is 2.50 bits per heavy atom. The maximum atomic E-state index is 12.8. The minimum Gasteiger partial charge on any atom is -0.397 e. The lowest BCUT2D eigenvalue weighted by Crippen LogP contribution is -2.48. The van der Waals surface area contributed by atoms with Crippen LogP contribution in [-0.4, -0.2) is 42.0 Å². The molecule has 1 saturated heterocycles. The molecule has 1 aromatic carbocycles. The van der Waals surface area contributed by atoms with Crippen molar-refractivity contribution in [1.29, 1.82) is 0 Å². The summed E-state index contributed by atoms with van der Waals surface area (Å²) in [6.07, 6.45) is 1.73. The van der Waals surface area contributed by atoms with Crippen LogP contribution in [0.2, 0.25) is 0 Å². The standard InChI is InChI=1S/C18H18N4OS/c19-15-14-7-4-8-20-17(14)24-16(15)18(23)22-11-9-21(10-12-22)13-5-2-1-3-6-13/h1-8H,9-12,19H2. The van der Waals surface area contributed by atoms with E-state index in [9.17, 15) is 4.79 Å². The van der Waals surface area contributed by atoms with Gasteiger partial charge in [-0.2, -0.15) is 0 Å². The molecule has 1 aliphatic heterocycles. The number of hydrogen-bond acceptors (Lipinski definition) is 5. The van der Waals surface area contributed by atoms with Gasteiger partial charge in [0.2, 0.25) is 0 Å². The molecule has 0 bridgehead atoms. The molecule has 1 amide bonds. The van der Waals surface area contributed by atoms with E-state index in [1.807, 2.05) is 35.2 Å². The van der Waals surface area contributed by atoms with Gasteiger partial charge in [0.25, 0.3) is 5.91 Å². The number of amides is 1. The molecule has 2 N–H and O–H groups in total. The molecule has 1 aliphatic rings. The fourth-order valence-electron chi connectivity index (χ4n) is 3.06. The number of para-hydroxylation sites is 1. The molecular formula is C18H18N4OS. The van der Waals surface area contributed by atoms with Gasteiger partial charge in [-0.1, -0.05) is 18.2 Å². The third-order valence-corrected chi connectivity index (χ3v) is 5.50. The quantitative estimate of drug-likeness (QED) is 0.780. The zero-order valence-corrected chi connectivity index (χ0v) is 14.0. The average Bonchev–Trinajstić information content (AvgIpc) is 2.99. The first-order valence-electron chi connectivity index (χ1n) is 7.96. The van der Waals surface area contributed by atoms with E-state index in [0.29, 0.717) is 23.7 Å². The normalized spacial score (nSPS) is 15.0. The lowest BCUT2D eigenvalue weighted by atomic mass is 10.2. The molecule has 5 nitrogen and oxygen atoms in total. The minimum absolute atomic E-state index is 0.0169. The average molecular weight is 338 g/mol. The smallest absolute Gasteiger partial charge is 0.266 e. The SMILES string of the molecule is Nc1c(C(=O)N2CCN(c3ccccc3)CC2)sc2ncccc12. The van der Waals surface area contributed by atoms with Crippen molar-refractivity contribution in [1.82, 2.24) is 9.88 Å². The van der Waals surface area contributed by atoms with Crippen LogP contribution >= 0.6 is 11.3 Å². The summed E-state index contributed by atoms with van der Waals surface area (Å²) < 4.78 is 0. The van der Waals surface area contributed by atoms with Gasteiger partial charge in [0.15, 0.2) is 0 Å². The van der Waals surface area contributed by atoms with Crippen molar-refractivity contribution < 1.29 is 4.79 Å². The Bertz CT molecular complexity index is 869. The van der Waals surface area contributed by atoms with Gasteiger partial charge in [-0.25, -0.2) is 4.98 Å². The van der Waals surface area contributed by atoms with E-state index < -0.39 is 0 Å². The largest absolute Gasteiger partial charge is 0.397 e. The molecule has 0 saturated carbocycles.